The van der Waals surface area contributed by atoms with Crippen LogP contribution in [0.3, 0.4) is 0 Å². The molecule has 1 heterocycles. The molecule has 52 valence electrons. The smallest absolute Gasteiger partial charge is 0.0361 e. The number of hydrogen-bond acceptors (Lipinski definition) is 2. The van der Waals surface area contributed by atoms with Crippen molar-refractivity contribution in [1.29, 1.82) is 0 Å². The molecule has 0 fully saturated rings. The second-order valence-electron chi connectivity index (χ2n) is 1.91. The third-order valence-electron chi connectivity index (χ3n) is 1.13. The van der Waals surface area contributed by atoms with Crippen LogP contribution in [0.2, 0.25) is 0 Å². The summed E-state index contributed by atoms with van der Waals surface area (Å²) in [5.74, 6) is 0. The number of nitrogens with zero attached hydrogens (tertiary/aromatic N) is 2. The van der Waals surface area contributed by atoms with Gasteiger partial charge in [-0.25, -0.2) is 0 Å². The molecular formula is C8H10N2. The Morgan fingerprint density at radius 3 is 2.80 bits per heavy atom. The first-order valence-electron chi connectivity index (χ1n) is 3.33. The molecule has 0 aliphatic rings. The van der Waals surface area contributed by atoms with Gasteiger partial charge in [0.15, 0.2) is 0 Å². The monoisotopic (exact) mass is 134 g/mol. The number of aromatic nitrogens is 1. The quantitative estimate of drug-likeness (QED) is 0.563. The number of aliphatic imine (C=N–C) groups is 1. The van der Waals surface area contributed by atoms with E-state index in [0.717, 1.165) is 12.1 Å². The van der Waals surface area contributed by atoms with Gasteiger partial charge in [-0.05, 0) is 24.6 Å². The maximum Gasteiger partial charge on any atom is 0.0361 e. The lowest BCUT2D eigenvalue weighted by Gasteiger charge is -1.87. The minimum absolute atomic E-state index is 0.836. The average molecular weight is 134 g/mol. The SMILES string of the molecule is CCN=Cc1ccncc1. The Morgan fingerprint density at radius 2 is 2.20 bits per heavy atom. The van der Waals surface area contributed by atoms with Crippen LogP contribution in [0, 0.1) is 0 Å². The van der Waals surface area contributed by atoms with Gasteiger partial charge in [0, 0.05) is 25.2 Å². The van der Waals surface area contributed by atoms with Crippen molar-refractivity contribution in [2.45, 2.75) is 6.92 Å². The Kier molecular flexibility index (Phi) is 2.62. The van der Waals surface area contributed by atoms with Crippen molar-refractivity contribution in [3.05, 3.63) is 30.1 Å². The van der Waals surface area contributed by atoms with E-state index >= 15 is 0 Å². The van der Waals surface area contributed by atoms with Crippen molar-refractivity contribution >= 4 is 6.21 Å². The zero-order chi connectivity index (χ0) is 7.23. The maximum atomic E-state index is 4.09. The van der Waals surface area contributed by atoms with Crippen LogP contribution >= 0.6 is 0 Å². The normalized spacial score (nSPS) is 10.5. The first-order valence-corrected chi connectivity index (χ1v) is 3.33. The number of rotatable bonds is 2. The fourth-order valence-corrected chi connectivity index (χ4v) is 0.646. The van der Waals surface area contributed by atoms with Gasteiger partial charge in [-0.1, -0.05) is 0 Å². The first kappa shape index (κ1) is 6.93. The van der Waals surface area contributed by atoms with Gasteiger partial charge >= 0.3 is 0 Å². The highest BCUT2D eigenvalue weighted by atomic mass is 14.7. The molecule has 2 nitrogen and oxygen atoms in total. The maximum absolute atomic E-state index is 4.09. The Bertz CT molecular complexity index is 204. The summed E-state index contributed by atoms with van der Waals surface area (Å²) in [7, 11) is 0. The minimum atomic E-state index is 0.836. The fourth-order valence-electron chi connectivity index (χ4n) is 0.646. The van der Waals surface area contributed by atoms with E-state index in [-0.39, 0.29) is 0 Å². The van der Waals surface area contributed by atoms with Crippen LogP contribution in [-0.2, 0) is 0 Å². The molecule has 0 bridgehead atoms. The third-order valence-corrected chi connectivity index (χ3v) is 1.13. The summed E-state index contributed by atoms with van der Waals surface area (Å²) in [5.41, 5.74) is 1.11. The highest BCUT2D eigenvalue weighted by Gasteiger charge is 1.80. The van der Waals surface area contributed by atoms with Gasteiger partial charge < -0.3 is 0 Å². The van der Waals surface area contributed by atoms with E-state index in [2.05, 4.69) is 9.98 Å². The van der Waals surface area contributed by atoms with E-state index in [0.29, 0.717) is 0 Å². The summed E-state index contributed by atoms with van der Waals surface area (Å²) in [6.07, 6.45) is 5.37. The van der Waals surface area contributed by atoms with Gasteiger partial charge in [-0.3, -0.25) is 9.98 Å². The largest absolute Gasteiger partial charge is 0.293 e. The van der Waals surface area contributed by atoms with E-state index in [4.69, 9.17) is 0 Å². The third kappa shape index (κ3) is 1.97. The molecule has 0 amide bonds. The van der Waals surface area contributed by atoms with Crippen LogP contribution in [0.25, 0.3) is 0 Å². The Morgan fingerprint density at radius 1 is 1.50 bits per heavy atom. The Labute approximate surface area is 60.6 Å². The molecule has 1 aromatic rings. The van der Waals surface area contributed by atoms with Crippen LogP contribution < -0.4 is 0 Å². The van der Waals surface area contributed by atoms with Crippen LogP contribution in [0.5, 0.6) is 0 Å². The highest BCUT2D eigenvalue weighted by Crippen LogP contribution is 1.90. The lowest BCUT2D eigenvalue weighted by molar-refractivity contribution is 1.14. The van der Waals surface area contributed by atoms with Gasteiger partial charge in [0.2, 0.25) is 0 Å². The minimum Gasteiger partial charge on any atom is -0.293 e. The molecule has 0 radical (unpaired) electrons. The predicted molar refractivity (Wildman–Crippen MR) is 42.4 cm³/mol. The van der Waals surface area contributed by atoms with Crippen LogP contribution in [-0.4, -0.2) is 17.7 Å². The molecule has 0 unspecified atom stereocenters. The van der Waals surface area contributed by atoms with E-state index in [9.17, 15) is 0 Å². The van der Waals surface area contributed by atoms with Gasteiger partial charge in [-0.2, -0.15) is 0 Å². The number of hydrogen-bond donors (Lipinski definition) is 0. The zero-order valence-corrected chi connectivity index (χ0v) is 5.99. The van der Waals surface area contributed by atoms with E-state index < -0.39 is 0 Å². The molecule has 1 aromatic heterocycles. The second kappa shape index (κ2) is 3.77. The van der Waals surface area contributed by atoms with Gasteiger partial charge in [0.1, 0.15) is 0 Å². The molecule has 0 aliphatic heterocycles. The van der Waals surface area contributed by atoms with Crippen molar-refractivity contribution in [1.82, 2.24) is 4.98 Å². The van der Waals surface area contributed by atoms with Crippen LogP contribution in [0.1, 0.15) is 12.5 Å². The molecule has 0 atom stereocenters. The zero-order valence-electron chi connectivity index (χ0n) is 5.99. The van der Waals surface area contributed by atoms with Crippen molar-refractivity contribution in [3.8, 4) is 0 Å². The van der Waals surface area contributed by atoms with E-state index in [1.165, 1.54) is 0 Å². The average Bonchev–Trinajstić information content (AvgIpc) is 2.03. The van der Waals surface area contributed by atoms with E-state index in [1.807, 2.05) is 25.3 Å². The molecule has 0 N–H and O–H groups in total. The Hall–Kier alpha value is -1.18. The fraction of sp³-hybridized carbons (Fsp3) is 0.250. The van der Waals surface area contributed by atoms with Crippen molar-refractivity contribution in [2.75, 3.05) is 6.54 Å². The van der Waals surface area contributed by atoms with Crippen molar-refractivity contribution in [2.24, 2.45) is 4.99 Å². The summed E-state index contributed by atoms with van der Waals surface area (Å²) in [6, 6.07) is 3.86. The molecule has 10 heavy (non-hydrogen) atoms. The second-order valence-corrected chi connectivity index (χ2v) is 1.91. The van der Waals surface area contributed by atoms with E-state index in [1.54, 1.807) is 12.4 Å². The summed E-state index contributed by atoms with van der Waals surface area (Å²) >= 11 is 0. The lowest BCUT2D eigenvalue weighted by atomic mass is 10.3. The molecule has 0 aromatic carbocycles. The molecule has 0 spiro atoms. The first-order chi connectivity index (χ1) is 4.93. The molecule has 0 saturated carbocycles. The van der Waals surface area contributed by atoms with Gasteiger partial charge in [0.25, 0.3) is 0 Å². The van der Waals surface area contributed by atoms with Gasteiger partial charge in [-0.15, -0.1) is 0 Å². The number of pyridine rings is 1. The summed E-state index contributed by atoms with van der Waals surface area (Å²) in [5, 5.41) is 0. The van der Waals surface area contributed by atoms with Crippen LogP contribution in [0.15, 0.2) is 29.5 Å². The summed E-state index contributed by atoms with van der Waals surface area (Å²) in [6.45, 7) is 2.85. The highest BCUT2D eigenvalue weighted by molar-refractivity contribution is 5.79. The molecule has 2 heteroatoms. The van der Waals surface area contributed by atoms with Crippen LogP contribution in [0.4, 0.5) is 0 Å². The lowest BCUT2D eigenvalue weighted by Crippen LogP contribution is -1.80. The molecule has 1 rings (SSSR count). The molecular weight excluding hydrogens is 124 g/mol. The molecule has 0 saturated heterocycles. The van der Waals surface area contributed by atoms with Crippen molar-refractivity contribution in [3.63, 3.8) is 0 Å². The predicted octanol–water partition coefficient (Wildman–Crippen LogP) is 1.52. The van der Waals surface area contributed by atoms with Crippen molar-refractivity contribution < 1.29 is 0 Å². The molecule has 0 aliphatic carbocycles. The standard InChI is InChI=1S/C8H10N2/c1-2-9-7-8-3-5-10-6-4-8/h3-7H,2H2,1H3. The topological polar surface area (TPSA) is 25.2 Å². The van der Waals surface area contributed by atoms with Gasteiger partial charge in [0.05, 0.1) is 0 Å². The Balaban J connectivity index is 2.67. The summed E-state index contributed by atoms with van der Waals surface area (Å²) in [4.78, 5) is 7.98. The summed E-state index contributed by atoms with van der Waals surface area (Å²) < 4.78 is 0.